The Balaban J connectivity index is 2.09. The van der Waals surface area contributed by atoms with E-state index in [1.54, 1.807) is 18.2 Å². The first-order valence-corrected chi connectivity index (χ1v) is 7.56. The SMILES string of the molecule is Cc1sc2ncn(/N=C\c3ccccc3[N+](=O)[O-])c(=O)c2c1C. The molecule has 0 spiro atoms. The average Bonchev–Trinajstić information content (AvgIpc) is 2.82. The molecule has 0 bridgehead atoms. The number of aryl methyl sites for hydroxylation is 2. The van der Waals surface area contributed by atoms with Gasteiger partial charge in [-0.2, -0.15) is 9.78 Å². The summed E-state index contributed by atoms with van der Waals surface area (Å²) in [5.74, 6) is 0. The minimum Gasteiger partial charge on any atom is -0.267 e. The van der Waals surface area contributed by atoms with Crippen LogP contribution in [0.1, 0.15) is 16.0 Å². The second-order valence-corrected chi connectivity index (χ2v) is 6.12. The summed E-state index contributed by atoms with van der Waals surface area (Å²) >= 11 is 1.46. The minimum absolute atomic E-state index is 0.0686. The van der Waals surface area contributed by atoms with E-state index in [2.05, 4.69) is 10.1 Å². The van der Waals surface area contributed by atoms with E-state index in [-0.39, 0.29) is 11.2 Å². The molecule has 0 aliphatic heterocycles. The molecule has 1 aromatic carbocycles. The van der Waals surface area contributed by atoms with Crippen molar-refractivity contribution in [1.29, 1.82) is 0 Å². The molecule has 23 heavy (non-hydrogen) atoms. The number of aromatic nitrogens is 2. The van der Waals surface area contributed by atoms with Crippen molar-refractivity contribution in [2.75, 3.05) is 0 Å². The van der Waals surface area contributed by atoms with E-state index >= 15 is 0 Å². The van der Waals surface area contributed by atoms with Gasteiger partial charge in [0.25, 0.3) is 11.2 Å². The number of nitro benzene ring substituents is 1. The van der Waals surface area contributed by atoms with Crippen LogP contribution in [0.4, 0.5) is 5.69 Å². The van der Waals surface area contributed by atoms with E-state index in [1.807, 2.05) is 13.8 Å². The molecular formula is C15H12N4O3S. The minimum atomic E-state index is -0.488. The molecule has 0 atom stereocenters. The third kappa shape index (κ3) is 2.64. The van der Waals surface area contributed by atoms with Crippen LogP contribution in [0.3, 0.4) is 0 Å². The molecule has 0 amide bonds. The van der Waals surface area contributed by atoms with Crippen LogP contribution in [0, 0.1) is 24.0 Å². The predicted octanol–water partition coefficient (Wildman–Crippen LogP) is 2.87. The number of hydrogen-bond donors (Lipinski definition) is 0. The van der Waals surface area contributed by atoms with Crippen molar-refractivity contribution in [1.82, 2.24) is 9.66 Å². The monoisotopic (exact) mass is 328 g/mol. The van der Waals surface area contributed by atoms with Crippen molar-refractivity contribution in [3.63, 3.8) is 0 Å². The highest BCUT2D eigenvalue weighted by Crippen LogP contribution is 2.25. The molecule has 0 saturated heterocycles. The van der Waals surface area contributed by atoms with E-state index in [1.165, 1.54) is 29.9 Å². The van der Waals surface area contributed by atoms with E-state index in [0.29, 0.717) is 15.8 Å². The Hall–Kier alpha value is -2.87. The van der Waals surface area contributed by atoms with Crippen molar-refractivity contribution in [2.45, 2.75) is 13.8 Å². The van der Waals surface area contributed by atoms with Crippen LogP contribution in [0.2, 0.25) is 0 Å². The van der Waals surface area contributed by atoms with E-state index in [9.17, 15) is 14.9 Å². The Morgan fingerprint density at radius 2 is 2.09 bits per heavy atom. The Morgan fingerprint density at radius 3 is 2.83 bits per heavy atom. The summed E-state index contributed by atoms with van der Waals surface area (Å²) in [5.41, 5.74) is 0.855. The third-order valence-electron chi connectivity index (χ3n) is 3.53. The summed E-state index contributed by atoms with van der Waals surface area (Å²) in [7, 11) is 0. The van der Waals surface area contributed by atoms with Gasteiger partial charge < -0.3 is 0 Å². The van der Waals surface area contributed by atoms with Gasteiger partial charge in [0, 0.05) is 10.9 Å². The van der Waals surface area contributed by atoms with Gasteiger partial charge in [0.1, 0.15) is 11.2 Å². The zero-order chi connectivity index (χ0) is 16.6. The smallest absolute Gasteiger partial charge is 0.267 e. The van der Waals surface area contributed by atoms with Crippen LogP contribution in [-0.4, -0.2) is 20.8 Å². The third-order valence-corrected chi connectivity index (χ3v) is 4.64. The first-order valence-electron chi connectivity index (χ1n) is 6.74. The second kappa shape index (κ2) is 5.73. The number of rotatable bonds is 3. The number of para-hydroxylation sites is 1. The largest absolute Gasteiger partial charge is 0.282 e. The standard InChI is InChI=1S/C15H12N4O3S/c1-9-10(2)23-14-13(9)15(20)18(8-16-14)17-7-11-5-3-4-6-12(11)19(21)22/h3-8H,1-2H3/b17-7-. The maximum absolute atomic E-state index is 12.5. The molecule has 2 aromatic heterocycles. The Morgan fingerprint density at radius 1 is 1.35 bits per heavy atom. The molecule has 0 aliphatic rings. The summed E-state index contributed by atoms with van der Waals surface area (Å²) in [6.07, 6.45) is 2.62. The zero-order valence-electron chi connectivity index (χ0n) is 12.4. The molecular weight excluding hydrogens is 316 g/mol. The lowest BCUT2D eigenvalue weighted by atomic mass is 10.2. The molecule has 7 nitrogen and oxygen atoms in total. The lowest BCUT2D eigenvalue weighted by Crippen LogP contribution is -2.17. The second-order valence-electron chi connectivity index (χ2n) is 4.92. The molecule has 2 heterocycles. The Labute approximate surface area is 134 Å². The lowest BCUT2D eigenvalue weighted by Gasteiger charge is -1.99. The molecule has 8 heteroatoms. The summed E-state index contributed by atoms with van der Waals surface area (Å²) < 4.78 is 1.10. The first-order chi connectivity index (χ1) is 11.0. The fourth-order valence-corrected chi connectivity index (χ4v) is 3.18. The summed E-state index contributed by atoms with van der Waals surface area (Å²) in [6.45, 7) is 3.80. The van der Waals surface area contributed by atoms with Crippen molar-refractivity contribution in [3.05, 3.63) is 67.1 Å². The Kier molecular flexibility index (Phi) is 3.75. The topological polar surface area (TPSA) is 90.4 Å². The predicted molar refractivity (Wildman–Crippen MR) is 89.4 cm³/mol. The van der Waals surface area contributed by atoms with Gasteiger partial charge in [-0.05, 0) is 25.5 Å². The Bertz CT molecular complexity index is 1000. The molecule has 3 rings (SSSR count). The normalized spacial score (nSPS) is 11.4. The number of nitro groups is 1. The molecule has 0 radical (unpaired) electrons. The molecule has 0 N–H and O–H groups in total. The van der Waals surface area contributed by atoms with Crippen LogP contribution in [0.5, 0.6) is 0 Å². The molecule has 0 fully saturated rings. The number of nitrogens with zero attached hydrogens (tertiary/aromatic N) is 4. The number of hydrogen-bond acceptors (Lipinski definition) is 6. The highest BCUT2D eigenvalue weighted by atomic mass is 32.1. The summed E-state index contributed by atoms with van der Waals surface area (Å²) in [5, 5.41) is 15.6. The van der Waals surface area contributed by atoms with Gasteiger partial charge in [-0.25, -0.2) is 4.98 Å². The van der Waals surface area contributed by atoms with Crippen LogP contribution in [0.25, 0.3) is 10.2 Å². The van der Waals surface area contributed by atoms with Gasteiger partial charge in [0.15, 0.2) is 0 Å². The quantitative estimate of drug-likeness (QED) is 0.420. The van der Waals surface area contributed by atoms with Crippen LogP contribution >= 0.6 is 11.3 Å². The summed E-state index contributed by atoms with van der Waals surface area (Å²) in [4.78, 5) is 28.9. The maximum Gasteiger partial charge on any atom is 0.282 e. The average molecular weight is 328 g/mol. The van der Waals surface area contributed by atoms with Gasteiger partial charge in [-0.15, -0.1) is 11.3 Å². The van der Waals surface area contributed by atoms with Crippen molar-refractivity contribution < 1.29 is 4.92 Å². The van der Waals surface area contributed by atoms with Crippen LogP contribution < -0.4 is 5.56 Å². The lowest BCUT2D eigenvalue weighted by molar-refractivity contribution is -0.385. The summed E-state index contributed by atoms with van der Waals surface area (Å²) in [6, 6.07) is 6.20. The molecule has 116 valence electrons. The molecule has 0 unspecified atom stereocenters. The zero-order valence-corrected chi connectivity index (χ0v) is 13.2. The highest BCUT2D eigenvalue weighted by molar-refractivity contribution is 7.18. The van der Waals surface area contributed by atoms with Crippen molar-refractivity contribution >= 4 is 33.5 Å². The van der Waals surface area contributed by atoms with Gasteiger partial charge in [0.05, 0.1) is 22.1 Å². The highest BCUT2D eigenvalue weighted by Gasteiger charge is 2.13. The van der Waals surface area contributed by atoms with Crippen molar-refractivity contribution in [3.8, 4) is 0 Å². The molecule has 0 aliphatic carbocycles. The van der Waals surface area contributed by atoms with Gasteiger partial charge >= 0.3 is 0 Å². The van der Waals surface area contributed by atoms with Crippen molar-refractivity contribution in [2.24, 2.45) is 5.10 Å². The van der Waals surface area contributed by atoms with E-state index in [4.69, 9.17) is 0 Å². The van der Waals surface area contributed by atoms with Crippen LogP contribution in [-0.2, 0) is 0 Å². The number of thiophene rings is 1. The number of benzene rings is 1. The first kappa shape index (κ1) is 15.0. The van der Waals surface area contributed by atoms with Gasteiger partial charge in [-0.1, -0.05) is 12.1 Å². The van der Waals surface area contributed by atoms with E-state index in [0.717, 1.165) is 15.1 Å². The molecule has 3 aromatic rings. The number of fused-ring (bicyclic) bond motifs is 1. The fourth-order valence-electron chi connectivity index (χ4n) is 2.20. The van der Waals surface area contributed by atoms with Crippen LogP contribution in [0.15, 0.2) is 40.5 Å². The van der Waals surface area contributed by atoms with Gasteiger partial charge in [-0.3, -0.25) is 14.9 Å². The fraction of sp³-hybridized carbons (Fsp3) is 0.133. The molecule has 0 saturated carbocycles. The van der Waals surface area contributed by atoms with Gasteiger partial charge in [0.2, 0.25) is 0 Å². The maximum atomic E-state index is 12.5. The van der Waals surface area contributed by atoms with E-state index < -0.39 is 4.92 Å².